The molecule has 0 amide bonds. The third kappa shape index (κ3) is 4.28. The van der Waals surface area contributed by atoms with Gasteiger partial charge in [0.25, 0.3) is 0 Å². The fraction of sp³-hybridized carbons (Fsp3) is 0.500. The van der Waals surface area contributed by atoms with Crippen molar-refractivity contribution in [1.82, 2.24) is 15.1 Å². The number of hydrogen-bond donors (Lipinski definition) is 2. The summed E-state index contributed by atoms with van der Waals surface area (Å²) >= 11 is 0. The summed E-state index contributed by atoms with van der Waals surface area (Å²) in [6.45, 7) is 4.16. The second-order valence-electron chi connectivity index (χ2n) is 7.51. The van der Waals surface area contributed by atoms with Crippen molar-refractivity contribution in [2.45, 2.75) is 38.9 Å². The maximum atomic E-state index is 12.8. The van der Waals surface area contributed by atoms with Crippen molar-refractivity contribution in [1.29, 1.82) is 0 Å². The molecule has 0 bridgehead atoms. The van der Waals surface area contributed by atoms with Gasteiger partial charge in [-0.05, 0) is 75.0 Å². The predicted octanol–water partition coefficient (Wildman–Crippen LogP) is 3.52. The molecule has 0 aliphatic carbocycles. The number of phenolic OH excluding ortho intramolecular Hbond substituents is 1. The normalized spacial score (nSPS) is 18.4. The van der Waals surface area contributed by atoms with Gasteiger partial charge in [-0.15, -0.1) is 5.10 Å². The molecule has 1 saturated heterocycles. The van der Waals surface area contributed by atoms with Crippen LogP contribution in [0.3, 0.4) is 0 Å². The van der Waals surface area contributed by atoms with Crippen molar-refractivity contribution < 1.29 is 18.3 Å². The largest absolute Gasteiger partial charge is 0.507 e. The van der Waals surface area contributed by atoms with Gasteiger partial charge >= 0.3 is 6.18 Å². The van der Waals surface area contributed by atoms with Crippen LogP contribution in [-0.2, 0) is 19.1 Å². The van der Waals surface area contributed by atoms with Crippen molar-refractivity contribution in [2.24, 2.45) is 11.7 Å². The first-order valence-electron chi connectivity index (χ1n) is 9.35. The number of benzene rings is 1. The van der Waals surface area contributed by atoms with Gasteiger partial charge in [0, 0.05) is 18.7 Å². The number of halogens is 3. The highest BCUT2D eigenvalue weighted by molar-refractivity contribution is 5.71. The van der Waals surface area contributed by atoms with Gasteiger partial charge in [-0.2, -0.15) is 18.3 Å². The lowest BCUT2D eigenvalue weighted by Gasteiger charge is -2.30. The van der Waals surface area contributed by atoms with Crippen LogP contribution >= 0.6 is 0 Å². The molecule has 1 aliphatic rings. The average Bonchev–Trinajstić information content (AvgIpc) is 2.62. The van der Waals surface area contributed by atoms with E-state index in [0.717, 1.165) is 55.2 Å². The van der Waals surface area contributed by atoms with Crippen LogP contribution in [0.1, 0.15) is 35.2 Å². The van der Waals surface area contributed by atoms with Gasteiger partial charge in [0.1, 0.15) is 5.75 Å². The highest BCUT2D eigenvalue weighted by Gasteiger charge is 2.31. The van der Waals surface area contributed by atoms with E-state index in [1.165, 1.54) is 6.07 Å². The lowest BCUT2D eigenvalue weighted by atomic mass is 9.90. The first-order chi connectivity index (χ1) is 13.2. The van der Waals surface area contributed by atoms with E-state index in [1.54, 1.807) is 0 Å². The smallest absolute Gasteiger partial charge is 0.416 e. The minimum atomic E-state index is -4.52. The quantitative estimate of drug-likeness (QED) is 0.830. The molecule has 3 rings (SSSR count). The zero-order valence-corrected chi connectivity index (χ0v) is 16.1. The molecule has 152 valence electrons. The first kappa shape index (κ1) is 20.5. The van der Waals surface area contributed by atoms with E-state index in [1.807, 2.05) is 6.92 Å². The van der Waals surface area contributed by atoms with Crippen LogP contribution in [0.4, 0.5) is 13.2 Å². The van der Waals surface area contributed by atoms with Gasteiger partial charge in [-0.25, -0.2) is 0 Å². The molecule has 1 aromatic carbocycles. The molecule has 5 nitrogen and oxygen atoms in total. The number of hydrogen-bond acceptors (Lipinski definition) is 5. The SMILES string of the molecule is Cc1c(-c2ccc(C(F)(F)F)cc2O)nnc(C[C@@H]2CCCN(C)C2)c1CN. The van der Waals surface area contributed by atoms with Crippen molar-refractivity contribution in [3.05, 3.63) is 40.6 Å². The molecule has 1 atom stereocenters. The van der Waals surface area contributed by atoms with Crippen LogP contribution < -0.4 is 5.73 Å². The third-order valence-electron chi connectivity index (χ3n) is 5.42. The fourth-order valence-electron chi connectivity index (χ4n) is 3.92. The van der Waals surface area contributed by atoms with Gasteiger partial charge < -0.3 is 15.7 Å². The van der Waals surface area contributed by atoms with E-state index in [4.69, 9.17) is 5.73 Å². The molecular weight excluding hydrogens is 369 g/mol. The minimum absolute atomic E-state index is 0.219. The van der Waals surface area contributed by atoms with E-state index in [0.29, 0.717) is 17.7 Å². The van der Waals surface area contributed by atoms with Crippen molar-refractivity contribution in [3.8, 4) is 17.0 Å². The van der Waals surface area contributed by atoms with Gasteiger partial charge in [-0.3, -0.25) is 0 Å². The van der Waals surface area contributed by atoms with Crippen LogP contribution in [0.15, 0.2) is 18.2 Å². The van der Waals surface area contributed by atoms with Crippen LogP contribution in [0.2, 0.25) is 0 Å². The zero-order valence-electron chi connectivity index (χ0n) is 16.1. The van der Waals surface area contributed by atoms with Crippen molar-refractivity contribution in [2.75, 3.05) is 20.1 Å². The lowest BCUT2D eigenvalue weighted by molar-refractivity contribution is -0.137. The van der Waals surface area contributed by atoms with Crippen LogP contribution in [0.25, 0.3) is 11.3 Å². The van der Waals surface area contributed by atoms with E-state index < -0.39 is 17.5 Å². The standard InChI is InChI=1S/C20H25F3N4O/c1-12-16(10-24)17(8-13-4-3-7-27(2)11-13)25-26-19(12)15-6-5-14(9-18(15)28)20(21,22)23/h5-6,9,13,28H,3-4,7-8,10-11,24H2,1-2H3/t13-/m0/s1. The molecule has 28 heavy (non-hydrogen) atoms. The summed E-state index contributed by atoms with van der Waals surface area (Å²) in [5, 5.41) is 18.7. The Balaban J connectivity index is 1.93. The summed E-state index contributed by atoms with van der Waals surface area (Å²) in [6.07, 6.45) is -1.49. The van der Waals surface area contributed by atoms with Gasteiger partial charge in [-0.1, -0.05) is 0 Å². The van der Waals surface area contributed by atoms with Gasteiger partial charge in [0.15, 0.2) is 0 Å². The van der Waals surface area contributed by atoms with E-state index in [9.17, 15) is 18.3 Å². The van der Waals surface area contributed by atoms with Gasteiger partial charge in [0.2, 0.25) is 0 Å². The van der Waals surface area contributed by atoms with Crippen LogP contribution in [0, 0.1) is 12.8 Å². The van der Waals surface area contributed by atoms with Crippen molar-refractivity contribution >= 4 is 0 Å². The van der Waals surface area contributed by atoms with E-state index in [2.05, 4.69) is 22.1 Å². The molecular formula is C20H25F3N4O. The Labute approximate surface area is 162 Å². The van der Waals surface area contributed by atoms with Gasteiger partial charge in [0.05, 0.1) is 17.0 Å². The number of aromatic hydroxyl groups is 1. The molecule has 8 heteroatoms. The summed E-state index contributed by atoms with van der Waals surface area (Å²) in [7, 11) is 2.10. The summed E-state index contributed by atoms with van der Waals surface area (Å²) in [5.41, 5.74) is 8.05. The number of nitrogens with zero attached hydrogens (tertiary/aromatic N) is 3. The molecule has 1 aliphatic heterocycles. The highest BCUT2D eigenvalue weighted by Crippen LogP contribution is 2.37. The highest BCUT2D eigenvalue weighted by atomic mass is 19.4. The number of nitrogens with two attached hydrogens (primary N) is 1. The van der Waals surface area contributed by atoms with E-state index in [-0.39, 0.29) is 12.1 Å². The van der Waals surface area contributed by atoms with E-state index >= 15 is 0 Å². The molecule has 0 unspecified atom stereocenters. The monoisotopic (exact) mass is 394 g/mol. The fourth-order valence-corrected chi connectivity index (χ4v) is 3.92. The summed E-state index contributed by atoms with van der Waals surface area (Å²) in [4.78, 5) is 2.30. The molecule has 1 aromatic heterocycles. The van der Waals surface area contributed by atoms with Crippen LogP contribution in [-0.4, -0.2) is 40.3 Å². The minimum Gasteiger partial charge on any atom is -0.507 e. The number of phenols is 1. The van der Waals surface area contributed by atoms with Crippen LogP contribution in [0.5, 0.6) is 5.75 Å². The zero-order chi connectivity index (χ0) is 20.5. The maximum Gasteiger partial charge on any atom is 0.416 e. The second-order valence-corrected chi connectivity index (χ2v) is 7.51. The number of rotatable bonds is 4. The third-order valence-corrected chi connectivity index (χ3v) is 5.42. The number of alkyl halides is 3. The Morgan fingerprint density at radius 3 is 2.64 bits per heavy atom. The summed E-state index contributed by atoms with van der Waals surface area (Å²) in [6, 6.07) is 2.87. The molecule has 3 N–H and O–H groups in total. The maximum absolute atomic E-state index is 12.8. The Hall–Kier alpha value is -2.19. The Bertz CT molecular complexity index is 854. The molecule has 2 heterocycles. The Morgan fingerprint density at radius 1 is 1.29 bits per heavy atom. The average molecular weight is 394 g/mol. The van der Waals surface area contributed by atoms with Crippen molar-refractivity contribution in [3.63, 3.8) is 0 Å². The number of piperidine rings is 1. The molecule has 0 spiro atoms. The molecule has 1 fully saturated rings. The summed E-state index contributed by atoms with van der Waals surface area (Å²) < 4.78 is 38.5. The topological polar surface area (TPSA) is 75.3 Å². The molecule has 0 saturated carbocycles. The Kier molecular flexibility index (Phi) is 5.90. The predicted molar refractivity (Wildman–Crippen MR) is 101 cm³/mol. The molecule has 2 aromatic rings. The lowest BCUT2D eigenvalue weighted by Crippen LogP contribution is -2.33. The number of aromatic nitrogens is 2. The Morgan fingerprint density at radius 2 is 2.04 bits per heavy atom. The molecule has 0 radical (unpaired) electrons. The summed E-state index contributed by atoms with van der Waals surface area (Å²) in [5.74, 6) is -0.0000707. The number of likely N-dealkylation sites (tertiary alicyclic amines) is 1. The second kappa shape index (κ2) is 8.05. The first-order valence-corrected chi connectivity index (χ1v) is 9.35.